The summed E-state index contributed by atoms with van der Waals surface area (Å²) in [5, 5.41) is 12.6. The number of esters is 1. The van der Waals surface area contributed by atoms with Gasteiger partial charge >= 0.3 is 5.97 Å². The van der Waals surface area contributed by atoms with E-state index in [1.807, 2.05) is 17.5 Å². The topological polar surface area (TPSA) is 80.9 Å². The number of thiophene rings is 1. The van der Waals surface area contributed by atoms with Gasteiger partial charge in [0.2, 0.25) is 0 Å². The van der Waals surface area contributed by atoms with E-state index in [0.717, 1.165) is 16.2 Å². The molecule has 3 aromatic rings. The van der Waals surface area contributed by atoms with E-state index in [2.05, 4.69) is 4.99 Å². The Labute approximate surface area is 195 Å². The van der Waals surface area contributed by atoms with Crippen molar-refractivity contribution in [3.8, 4) is 5.75 Å². The molecule has 4 rings (SSSR count). The van der Waals surface area contributed by atoms with Gasteiger partial charge in [0, 0.05) is 15.5 Å². The average molecular weight is 495 g/mol. The van der Waals surface area contributed by atoms with Gasteiger partial charge in [0.25, 0.3) is 5.56 Å². The number of phenols is 1. The average Bonchev–Trinajstić information content (AvgIpc) is 3.34. The van der Waals surface area contributed by atoms with Crippen molar-refractivity contribution in [2.45, 2.75) is 19.9 Å². The zero-order chi connectivity index (χ0) is 22.3. The number of nitrogens with zero attached hydrogens (tertiary/aromatic N) is 2. The summed E-state index contributed by atoms with van der Waals surface area (Å²) in [6.07, 6.45) is 1.52. The molecule has 2 aromatic heterocycles. The Morgan fingerprint density at radius 2 is 2.16 bits per heavy atom. The summed E-state index contributed by atoms with van der Waals surface area (Å²) in [6, 6.07) is 6.03. The lowest BCUT2D eigenvalue weighted by atomic mass is 10.0. The van der Waals surface area contributed by atoms with Gasteiger partial charge in [0.1, 0.15) is 11.8 Å². The molecule has 0 unspecified atom stereocenters. The van der Waals surface area contributed by atoms with Crippen molar-refractivity contribution >= 4 is 57.9 Å². The third-order valence-electron chi connectivity index (χ3n) is 4.67. The van der Waals surface area contributed by atoms with Crippen LogP contribution in [0.4, 0.5) is 0 Å². The van der Waals surface area contributed by atoms with Gasteiger partial charge in [-0.1, -0.05) is 40.6 Å². The van der Waals surface area contributed by atoms with Crippen LogP contribution < -0.4 is 14.9 Å². The van der Waals surface area contributed by atoms with Crippen LogP contribution in [0.15, 0.2) is 50.7 Å². The minimum absolute atomic E-state index is 0.0865. The summed E-state index contributed by atoms with van der Waals surface area (Å²) in [6.45, 7) is 3.67. The number of ether oxygens (including phenoxy) is 1. The van der Waals surface area contributed by atoms with Gasteiger partial charge in [0.05, 0.1) is 27.4 Å². The molecule has 0 aliphatic carbocycles. The molecule has 6 nitrogen and oxygen atoms in total. The zero-order valence-corrected chi connectivity index (χ0v) is 19.5. The Balaban J connectivity index is 1.97. The van der Waals surface area contributed by atoms with E-state index in [9.17, 15) is 14.7 Å². The number of fused-ring (bicyclic) bond motifs is 1. The quantitative estimate of drug-likeness (QED) is 0.558. The Bertz CT molecular complexity index is 1390. The molecule has 0 amide bonds. The molecule has 10 heteroatoms. The van der Waals surface area contributed by atoms with Crippen LogP contribution in [0, 0.1) is 0 Å². The Hall–Kier alpha value is -2.39. The van der Waals surface area contributed by atoms with Crippen molar-refractivity contribution in [3.05, 3.63) is 81.1 Å². The van der Waals surface area contributed by atoms with Crippen LogP contribution in [-0.2, 0) is 9.53 Å². The second-order valence-electron chi connectivity index (χ2n) is 6.64. The van der Waals surface area contributed by atoms with Gasteiger partial charge in [-0.2, -0.15) is 0 Å². The van der Waals surface area contributed by atoms with Gasteiger partial charge < -0.3 is 9.84 Å². The number of hydrogen-bond acceptors (Lipinski definition) is 7. The molecule has 0 radical (unpaired) electrons. The molecular formula is C21H16Cl2N2O4S2. The molecule has 0 saturated heterocycles. The van der Waals surface area contributed by atoms with Crippen LogP contribution >= 0.6 is 45.9 Å². The number of aromatic hydroxyl groups is 1. The molecule has 0 saturated carbocycles. The normalized spacial score (nSPS) is 16.3. The minimum atomic E-state index is -0.644. The number of carbonyl (C=O) groups is 1. The maximum atomic E-state index is 13.4. The highest BCUT2D eigenvalue weighted by Crippen LogP contribution is 2.34. The van der Waals surface area contributed by atoms with E-state index < -0.39 is 12.0 Å². The fraction of sp³-hybridized carbons (Fsp3) is 0.190. The molecule has 1 N–H and O–H groups in total. The molecule has 1 atom stereocenters. The van der Waals surface area contributed by atoms with Crippen LogP contribution in [0.25, 0.3) is 6.08 Å². The second-order valence-corrected chi connectivity index (χ2v) is 9.48. The second kappa shape index (κ2) is 8.63. The van der Waals surface area contributed by atoms with Crippen molar-refractivity contribution < 1.29 is 14.6 Å². The van der Waals surface area contributed by atoms with Gasteiger partial charge in [-0.3, -0.25) is 9.36 Å². The highest BCUT2D eigenvalue weighted by molar-refractivity contribution is 7.10. The predicted octanol–water partition coefficient (Wildman–Crippen LogP) is 3.87. The highest BCUT2D eigenvalue weighted by Gasteiger charge is 2.33. The first-order valence-corrected chi connectivity index (χ1v) is 11.7. The summed E-state index contributed by atoms with van der Waals surface area (Å²) < 4.78 is 7.06. The molecule has 31 heavy (non-hydrogen) atoms. The first-order chi connectivity index (χ1) is 14.8. The lowest BCUT2D eigenvalue weighted by Crippen LogP contribution is -2.39. The van der Waals surface area contributed by atoms with Gasteiger partial charge in [-0.05, 0) is 43.5 Å². The molecule has 3 heterocycles. The number of rotatable bonds is 4. The molecule has 1 aliphatic rings. The van der Waals surface area contributed by atoms with Gasteiger partial charge in [0.15, 0.2) is 4.80 Å². The Morgan fingerprint density at radius 1 is 1.39 bits per heavy atom. The van der Waals surface area contributed by atoms with Crippen LogP contribution in [0.3, 0.4) is 0 Å². The summed E-state index contributed by atoms with van der Waals surface area (Å²) in [5.41, 5.74) is 0.805. The largest absolute Gasteiger partial charge is 0.506 e. The van der Waals surface area contributed by atoms with Gasteiger partial charge in [-0.15, -0.1) is 11.3 Å². The first-order valence-electron chi connectivity index (χ1n) is 9.23. The number of benzene rings is 1. The summed E-state index contributed by atoms with van der Waals surface area (Å²) in [7, 11) is 0. The minimum Gasteiger partial charge on any atom is -0.506 e. The Morgan fingerprint density at radius 3 is 2.84 bits per heavy atom. The van der Waals surface area contributed by atoms with Crippen LogP contribution in [0.5, 0.6) is 5.75 Å². The van der Waals surface area contributed by atoms with Crippen molar-refractivity contribution in [1.29, 1.82) is 0 Å². The molecule has 1 aromatic carbocycles. The van der Waals surface area contributed by atoms with Crippen molar-refractivity contribution in [2.24, 2.45) is 4.99 Å². The number of allylic oxidation sites excluding steroid dienone is 1. The molecule has 0 bridgehead atoms. The number of thiazole rings is 1. The lowest BCUT2D eigenvalue weighted by Gasteiger charge is -2.23. The van der Waals surface area contributed by atoms with Crippen molar-refractivity contribution in [1.82, 2.24) is 4.57 Å². The van der Waals surface area contributed by atoms with E-state index in [4.69, 9.17) is 27.9 Å². The predicted molar refractivity (Wildman–Crippen MR) is 123 cm³/mol. The number of aromatic nitrogens is 1. The molecule has 1 aliphatic heterocycles. The van der Waals surface area contributed by atoms with E-state index in [0.29, 0.717) is 31.2 Å². The highest BCUT2D eigenvalue weighted by atomic mass is 35.5. The molecular weight excluding hydrogens is 479 g/mol. The van der Waals surface area contributed by atoms with Crippen LogP contribution in [-0.4, -0.2) is 22.2 Å². The third kappa shape index (κ3) is 3.96. The number of halogens is 2. The number of hydrogen-bond donors (Lipinski definition) is 1. The van der Waals surface area contributed by atoms with E-state index in [1.54, 1.807) is 13.8 Å². The molecule has 160 valence electrons. The first kappa shape index (κ1) is 21.8. The van der Waals surface area contributed by atoms with Crippen molar-refractivity contribution in [2.75, 3.05) is 6.61 Å². The van der Waals surface area contributed by atoms with Crippen LogP contribution in [0.1, 0.15) is 30.3 Å². The maximum absolute atomic E-state index is 13.4. The molecule has 0 spiro atoms. The van der Waals surface area contributed by atoms with E-state index in [-0.39, 0.29) is 22.9 Å². The monoisotopic (exact) mass is 494 g/mol. The standard InChI is InChI=1S/C21H16Cl2N2O4S2/c1-3-29-20(28)16-10(2)24-21-25(17(16)14-5-4-6-30-14)19(27)15(31-21)8-11-7-12(22)9-13(23)18(11)26/h4-9,17,26H,3H2,1-2H3/b15-8+/t17-/m1/s1. The maximum Gasteiger partial charge on any atom is 0.338 e. The number of carbonyl (C=O) groups excluding carboxylic acids is 1. The summed E-state index contributed by atoms with van der Waals surface area (Å²) >= 11 is 14.7. The van der Waals surface area contributed by atoms with E-state index >= 15 is 0 Å². The number of phenolic OH excluding ortho intramolecular Hbond substituents is 1. The van der Waals surface area contributed by atoms with Gasteiger partial charge in [-0.25, -0.2) is 9.79 Å². The van der Waals surface area contributed by atoms with Crippen molar-refractivity contribution in [3.63, 3.8) is 0 Å². The summed E-state index contributed by atoms with van der Waals surface area (Å²) in [4.78, 5) is 31.9. The van der Waals surface area contributed by atoms with E-state index in [1.165, 1.54) is 34.1 Å². The zero-order valence-electron chi connectivity index (χ0n) is 16.4. The fourth-order valence-electron chi connectivity index (χ4n) is 3.34. The molecule has 0 fully saturated rings. The summed E-state index contributed by atoms with van der Waals surface area (Å²) in [5.74, 6) is -0.675. The third-order valence-corrected chi connectivity index (χ3v) is 7.09. The Kier molecular flexibility index (Phi) is 6.07. The van der Waals surface area contributed by atoms with Crippen LogP contribution in [0.2, 0.25) is 10.0 Å². The fourth-order valence-corrected chi connectivity index (χ4v) is 5.71. The SMILES string of the molecule is CCOC(=O)C1=C(C)N=c2s/c(=C/c3cc(Cl)cc(Cl)c3O)c(=O)n2[C@@H]1c1cccs1. The lowest BCUT2D eigenvalue weighted by molar-refractivity contribution is -0.139. The smallest absolute Gasteiger partial charge is 0.338 e.